The maximum Gasteiger partial charge on any atom is 0.243 e. The first-order valence-electron chi connectivity index (χ1n) is 6.73. The molecule has 5 heteroatoms. The van der Waals surface area contributed by atoms with Crippen molar-refractivity contribution in [1.82, 2.24) is 4.31 Å². The number of aryl methyl sites for hydroxylation is 1. The van der Waals surface area contributed by atoms with Crippen LogP contribution in [0.4, 0.5) is 0 Å². The summed E-state index contributed by atoms with van der Waals surface area (Å²) < 4.78 is 26.4. The highest BCUT2D eigenvalue weighted by Crippen LogP contribution is 2.19. The summed E-state index contributed by atoms with van der Waals surface area (Å²) >= 11 is 5.92. The van der Waals surface area contributed by atoms with Crippen molar-refractivity contribution in [3.63, 3.8) is 0 Å². The molecule has 21 heavy (non-hydrogen) atoms. The second-order valence-corrected chi connectivity index (χ2v) is 7.37. The van der Waals surface area contributed by atoms with Crippen LogP contribution in [0.3, 0.4) is 0 Å². The molecule has 0 aliphatic rings. The van der Waals surface area contributed by atoms with E-state index in [1.807, 2.05) is 31.2 Å². The number of hydrogen-bond donors (Lipinski definition) is 0. The highest BCUT2D eigenvalue weighted by Gasteiger charge is 2.20. The van der Waals surface area contributed by atoms with Crippen LogP contribution in [0, 0.1) is 0 Å². The molecular weight excluding hydrogens is 306 g/mol. The summed E-state index contributed by atoms with van der Waals surface area (Å²) in [6.07, 6.45) is 0.888. The largest absolute Gasteiger partial charge is 0.243 e. The summed E-state index contributed by atoms with van der Waals surface area (Å²) in [6, 6.07) is 14.2. The lowest BCUT2D eigenvalue weighted by Gasteiger charge is -2.17. The van der Waals surface area contributed by atoms with Gasteiger partial charge in [0.2, 0.25) is 10.0 Å². The van der Waals surface area contributed by atoms with E-state index in [-0.39, 0.29) is 0 Å². The predicted octanol–water partition coefficient (Wildman–Crippen LogP) is 3.72. The van der Waals surface area contributed by atoms with Gasteiger partial charge in [-0.25, -0.2) is 8.42 Å². The fourth-order valence-corrected chi connectivity index (χ4v) is 3.43. The Bertz CT molecular complexity index is 711. The number of nitrogens with zero attached hydrogens (tertiary/aromatic N) is 1. The van der Waals surface area contributed by atoms with Gasteiger partial charge in [0.1, 0.15) is 0 Å². The van der Waals surface area contributed by atoms with E-state index in [1.165, 1.54) is 4.31 Å². The third-order valence-corrected chi connectivity index (χ3v) is 5.39. The van der Waals surface area contributed by atoms with Crippen molar-refractivity contribution in [2.45, 2.75) is 24.8 Å². The molecule has 112 valence electrons. The number of sulfonamides is 1. The second kappa shape index (κ2) is 6.60. The topological polar surface area (TPSA) is 37.4 Å². The van der Waals surface area contributed by atoms with Gasteiger partial charge in [-0.2, -0.15) is 4.31 Å². The molecule has 3 nitrogen and oxygen atoms in total. The minimum absolute atomic E-state index is 0.290. The monoisotopic (exact) mass is 323 g/mol. The lowest BCUT2D eigenvalue weighted by atomic mass is 10.2. The highest BCUT2D eigenvalue weighted by molar-refractivity contribution is 7.89. The minimum Gasteiger partial charge on any atom is -0.207 e. The van der Waals surface area contributed by atoms with Crippen molar-refractivity contribution in [1.29, 1.82) is 0 Å². The molecule has 2 aromatic rings. The first-order chi connectivity index (χ1) is 9.93. The van der Waals surface area contributed by atoms with Gasteiger partial charge < -0.3 is 0 Å². The van der Waals surface area contributed by atoms with Crippen LogP contribution in [0.1, 0.15) is 18.1 Å². The van der Waals surface area contributed by atoms with Crippen molar-refractivity contribution in [3.05, 3.63) is 64.7 Å². The van der Waals surface area contributed by atoms with Crippen LogP contribution < -0.4 is 0 Å². The predicted molar refractivity (Wildman–Crippen MR) is 85.9 cm³/mol. The fraction of sp³-hybridized carbons (Fsp3) is 0.250. The molecule has 0 spiro atoms. The summed E-state index contributed by atoms with van der Waals surface area (Å²) in [7, 11) is -1.91. The molecule has 0 aliphatic carbocycles. The van der Waals surface area contributed by atoms with Crippen LogP contribution in [0.15, 0.2) is 53.4 Å². The number of hydrogen-bond acceptors (Lipinski definition) is 2. The van der Waals surface area contributed by atoms with Crippen molar-refractivity contribution < 1.29 is 8.42 Å². The van der Waals surface area contributed by atoms with Gasteiger partial charge >= 0.3 is 0 Å². The molecular formula is C16H18ClNO2S. The van der Waals surface area contributed by atoms with Crippen LogP contribution in [0.2, 0.25) is 5.02 Å². The molecule has 0 radical (unpaired) electrons. The maximum atomic E-state index is 12.5. The molecule has 0 saturated carbocycles. The summed E-state index contributed by atoms with van der Waals surface area (Å²) in [5.41, 5.74) is 1.98. The zero-order valence-corrected chi connectivity index (χ0v) is 13.7. The molecule has 0 heterocycles. The van der Waals surface area contributed by atoms with Crippen molar-refractivity contribution in [2.75, 3.05) is 7.05 Å². The first-order valence-corrected chi connectivity index (χ1v) is 8.55. The van der Waals surface area contributed by atoms with Gasteiger partial charge in [-0.3, -0.25) is 0 Å². The molecule has 0 amide bonds. The van der Waals surface area contributed by atoms with Crippen LogP contribution in [0.25, 0.3) is 0 Å². The molecule has 2 aromatic carbocycles. The summed E-state index contributed by atoms with van der Waals surface area (Å²) in [4.78, 5) is 0.309. The third kappa shape index (κ3) is 3.84. The normalized spacial score (nSPS) is 11.8. The van der Waals surface area contributed by atoms with Crippen molar-refractivity contribution in [3.8, 4) is 0 Å². The lowest BCUT2D eigenvalue weighted by molar-refractivity contribution is 0.466. The lowest BCUT2D eigenvalue weighted by Crippen LogP contribution is -2.26. The molecule has 0 aliphatic heterocycles. The van der Waals surface area contributed by atoms with E-state index < -0.39 is 10.0 Å². The Kier molecular flexibility index (Phi) is 5.04. The molecule has 2 rings (SSSR count). The van der Waals surface area contributed by atoms with Gasteiger partial charge in [-0.15, -0.1) is 0 Å². The van der Waals surface area contributed by atoms with E-state index in [9.17, 15) is 8.42 Å². The molecule has 0 bridgehead atoms. The fourth-order valence-electron chi connectivity index (χ4n) is 2.05. The average Bonchev–Trinajstić information content (AvgIpc) is 2.47. The van der Waals surface area contributed by atoms with Gasteiger partial charge in [0.05, 0.1) is 4.90 Å². The summed E-state index contributed by atoms with van der Waals surface area (Å²) in [5.74, 6) is 0. The minimum atomic E-state index is -3.48. The van der Waals surface area contributed by atoms with Crippen molar-refractivity contribution >= 4 is 21.6 Å². The second-order valence-electron chi connectivity index (χ2n) is 4.89. The Morgan fingerprint density at radius 1 is 1.05 bits per heavy atom. The molecule has 0 aromatic heterocycles. The Labute approximate surface area is 131 Å². The molecule has 0 saturated heterocycles. The van der Waals surface area contributed by atoms with E-state index in [0.29, 0.717) is 16.5 Å². The van der Waals surface area contributed by atoms with E-state index in [1.54, 1.807) is 31.3 Å². The summed E-state index contributed by atoms with van der Waals surface area (Å²) in [6.45, 7) is 2.33. The first kappa shape index (κ1) is 16.0. The van der Waals surface area contributed by atoms with Crippen LogP contribution in [0.5, 0.6) is 0 Å². The van der Waals surface area contributed by atoms with Crippen LogP contribution in [-0.4, -0.2) is 19.8 Å². The standard InChI is InChI=1S/C16H18ClNO2S/c1-3-13-7-9-16(10-8-13)21(19,20)18(2)12-14-5-4-6-15(17)11-14/h4-11H,3,12H2,1-2H3. The third-order valence-electron chi connectivity index (χ3n) is 3.33. The molecule has 0 fully saturated rings. The number of halogens is 1. The SMILES string of the molecule is CCc1ccc(S(=O)(=O)N(C)Cc2cccc(Cl)c2)cc1. The van der Waals surface area contributed by atoms with Crippen molar-refractivity contribution in [2.24, 2.45) is 0 Å². The quantitative estimate of drug-likeness (QED) is 0.841. The summed E-state index contributed by atoms with van der Waals surface area (Å²) in [5, 5.41) is 0.602. The van der Waals surface area contributed by atoms with E-state index in [0.717, 1.165) is 17.5 Å². The highest BCUT2D eigenvalue weighted by atomic mass is 35.5. The number of benzene rings is 2. The van der Waals surface area contributed by atoms with Gasteiger partial charge in [0, 0.05) is 18.6 Å². The zero-order chi connectivity index (χ0) is 15.5. The Balaban J connectivity index is 2.21. The molecule has 0 atom stereocenters. The molecule has 0 N–H and O–H groups in total. The van der Waals surface area contributed by atoms with Gasteiger partial charge in [0.15, 0.2) is 0 Å². The Morgan fingerprint density at radius 2 is 1.71 bits per heavy atom. The van der Waals surface area contributed by atoms with E-state index in [2.05, 4.69) is 0 Å². The van der Waals surface area contributed by atoms with Gasteiger partial charge in [-0.05, 0) is 41.8 Å². The Morgan fingerprint density at radius 3 is 2.29 bits per heavy atom. The smallest absolute Gasteiger partial charge is 0.207 e. The van der Waals surface area contributed by atoms with Gasteiger partial charge in [-0.1, -0.05) is 42.8 Å². The van der Waals surface area contributed by atoms with E-state index >= 15 is 0 Å². The van der Waals surface area contributed by atoms with Crippen LogP contribution in [-0.2, 0) is 23.0 Å². The average molecular weight is 324 g/mol. The Hall–Kier alpha value is -1.36. The van der Waals surface area contributed by atoms with Crippen LogP contribution >= 0.6 is 11.6 Å². The van der Waals surface area contributed by atoms with E-state index in [4.69, 9.17) is 11.6 Å². The van der Waals surface area contributed by atoms with Gasteiger partial charge in [0.25, 0.3) is 0 Å². The zero-order valence-electron chi connectivity index (χ0n) is 12.1. The maximum absolute atomic E-state index is 12.5. The molecule has 0 unspecified atom stereocenters. The number of rotatable bonds is 5.